The number of ether oxygens (including phenoxy) is 1. The highest BCUT2D eigenvalue weighted by Crippen LogP contribution is 2.22. The minimum Gasteiger partial charge on any atom is -0.389 e. The van der Waals surface area contributed by atoms with Crippen LogP contribution in [0.5, 0.6) is 0 Å². The molecule has 3 nitrogen and oxygen atoms in total. The second-order valence-electron chi connectivity index (χ2n) is 5.51. The highest BCUT2D eigenvalue weighted by atomic mass is 16.5. The smallest absolute Gasteiger partial charge is 0.0900 e. The van der Waals surface area contributed by atoms with Crippen LogP contribution in [0.4, 0.5) is 0 Å². The van der Waals surface area contributed by atoms with Gasteiger partial charge in [-0.1, -0.05) is 6.92 Å². The molecule has 0 amide bonds. The lowest BCUT2D eigenvalue weighted by molar-refractivity contribution is -0.0196. The fourth-order valence-corrected chi connectivity index (χ4v) is 2.35. The van der Waals surface area contributed by atoms with Crippen LogP contribution in [0.25, 0.3) is 0 Å². The van der Waals surface area contributed by atoms with Crippen molar-refractivity contribution in [1.82, 2.24) is 4.90 Å². The Morgan fingerprint density at radius 3 is 2.62 bits per heavy atom. The van der Waals surface area contributed by atoms with Gasteiger partial charge in [0.1, 0.15) is 0 Å². The van der Waals surface area contributed by atoms with Crippen LogP contribution in [0, 0.1) is 5.92 Å². The van der Waals surface area contributed by atoms with Gasteiger partial charge >= 0.3 is 0 Å². The number of hydrogen-bond donors (Lipinski definition) is 1. The maximum absolute atomic E-state index is 9.87. The summed E-state index contributed by atoms with van der Waals surface area (Å²) in [6, 6.07) is 0.595. The van der Waals surface area contributed by atoms with E-state index in [1.54, 1.807) is 0 Å². The maximum Gasteiger partial charge on any atom is 0.0900 e. The lowest BCUT2D eigenvalue weighted by Crippen LogP contribution is -2.45. The topological polar surface area (TPSA) is 32.7 Å². The molecule has 0 bridgehead atoms. The lowest BCUT2D eigenvalue weighted by atomic mass is 9.93. The summed E-state index contributed by atoms with van der Waals surface area (Å²) in [5.41, 5.74) is 0. The van der Waals surface area contributed by atoms with Crippen LogP contribution in [0.15, 0.2) is 0 Å². The van der Waals surface area contributed by atoms with Crippen LogP contribution in [0.3, 0.4) is 0 Å². The molecule has 1 aliphatic rings. The molecule has 0 aromatic rings. The molecule has 1 aliphatic heterocycles. The fraction of sp³-hybridized carbons (Fsp3) is 1.00. The second-order valence-corrected chi connectivity index (χ2v) is 5.51. The first-order chi connectivity index (χ1) is 7.49. The fourth-order valence-electron chi connectivity index (χ4n) is 2.35. The first-order valence-corrected chi connectivity index (χ1v) is 6.52. The number of aliphatic hydroxyl groups is 1. The first-order valence-electron chi connectivity index (χ1n) is 6.52. The zero-order valence-corrected chi connectivity index (χ0v) is 11.1. The summed E-state index contributed by atoms with van der Waals surface area (Å²) in [5.74, 6) is 0.829. The Balaban J connectivity index is 2.25. The van der Waals surface area contributed by atoms with Gasteiger partial charge in [0.05, 0.1) is 18.8 Å². The van der Waals surface area contributed by atoms with Crippen LogP contribution in [-0.2, 0) is 4.74 Å². The molecule has 3 unspecified atom stereocenters. The Morgan fingerprint density at radius 2 is 2.06 bits per heavy atom. The average Bonchev–Trinajstić information content (AvgIpc) is 2.19. The molecule has 1 N–H and O–H groups in total. The largest absolute Gasteiger partial charge is 0.389 e. The van der Waals surface area contributed by atoms with Crippen molar-refractivity contribution in [3.05, 3.63) is 0 Å². The summed E-state index contributed by atoms with van der Waals surface area (Å²) < 4.78 is 5.42. The van der Waals surface area contributed by atoms with E-state index in [0.717, 1.165) is 19.0 Å². The van der Waals surface area contributed by atoms with Crippen molar-refractivity contribution in [2.75, 3.05) is 19.7 Å². The molecule has 1 heterocycles. The maximum atomic E-state index is 9.87. The van der Waals surface area contributed by atoms with Gasteiger partial charge in [-0.2, -0.15) is 0 Å². The Kier molecular flexibility index (Phi) is 5.73. The molecule has 16 heavy (non-hydrogen) atoms. The molecule has 0 spiro atoms. The molecule has 1 saturated heterocycles. The van der Waals surface area contributed by atoms with Crippen molar-refractivity contribution < 1.29 is 9.84 Å². The van der Waals surface area contributed by atoms with Gasteiger partial charge in [0.15, 0.2) is 0 Å². The Hall–Kier alpha value is -0.120. The Labute approximate surface area is 99.8 Å². The molecule has 1 fully saturated rings. The third kappa shape index (κ3) is 4.81. The molecule has 0 saturated carbocycles. The Morgan fingerprint density at radius 1 is 1.38 bits per heavy atom. The summed E-state index contributed by atoms with van der Waals surface area (Å²) in [6.45, 7) is 10.9. The van der Waals surface area contributed by atoms with Crippen LogP contribution in [0.1, 0.15) is 40.5 Å². The molecule has 3 heteroatoms. The van der Waals surface area contributed by atoms with Crippen LogP contribution in [-0.4, -0.2) is 48.0 Å². The number of β-amino-alcohol motifs (C(OH)–C–C–N with tert-alkyl or cyclic N) is 1. The highest BCUT2D eigenvalue weighted by molar-refractivity contribution is 4.78. The van der Waals surface area contributed by atoms with Crippen molar-refractivity contribution in [3.8, 4) is 0 Å². The van der Waals surface area contributed by atoms with E-state index < -0.39 is 0 Å². The van der Waals surface area contributed by atoms with Gasteiger partial charge < -0.3 is 9.84 Å². The van der Waals surface area contributed by atoms with Gasteiger partial charge in [-0.15, -0.1) is 0 Å². The van der Waals surface area contributed by atoms with Gasteiger partial charge in [0.25, 0.3) is 0 Å². The van der Waals surface area contributed by atoms with Crippen molar-refractivity contribution in [2.24, 2.45) is 5.92 Å². The molecule has 3 atom stereocenters. The third-order valence-electron chi connectivity index (χ3n) is 3.34. The Bertz CT molecular complexity index is 196. The van der Waals surface area contributed by atoms with E-state index in [-0.39, 0.29) is 12.2 Å². The van der Waals surface area contributed by atoms with Crippen molar-refractivity contribution in [2.45, 2.75) is 58.8 Å². The zero-order valence-electron chi connectivity index (χ0n) is 11.1. The molecular formula is C13H27NO2. The van der Waals surface area contributed by atoms with Crippen LogP contribution in [0.2, 0.25) is 0 Å². The molecule has 96 valence electrons. The first kappa shape index (κ1) is 13.9. The summed E-state index contributed by atoms with van der Waals surface area (Å²) >= 11 is 0. The standard InChI is InChI=1S/C13H27NO2/c1-10(2)16-9-13(15)8-14-6-5-11(3)7-12(14)4/h10-13,15H,5-9H2,1-4H3. The minimum absolute atomic E-state index is 0.202. The predicted molar refractivity (Wildman–Crippen MR) is 66.5 cm³/mol. The number of nitrogens with zero attached hydrogens (tertiary/aromatic N) is 1. The predicted octanol–water partition coefficient (Wildman–Crippen LogP) is 1.89. The van der Waals surface area contributed by atoms with E-state index in [4.69, 9.17) is 4.74 Å². The average molecular weight is 229 g/mol. The van der Waals surface area contributed by atoms with Gasteiger partial charge in [0, 0.05) is 12.6 Å². The van der Waals surface area contributed by atoms with Crippen LogP contribution < -0.4 is 0 Å². The van der Waals surface area contributed by atoms with E-state index in [1.165, 1.54) is 12.8 Å². The molecule has 0 aliphatic carbocycles. The molecule has 0 aromatic carbocycles. The van der Waals surface area contributed by atoms with E-state index in [9.17, 15) is 5.11 Å². The number of hydrogen-bond acceptors (Lipinski definition) is 3. The van der Waals surface area contributed by atoms with E-state index in [0.29, 0.717) is 12.6 Å². The summed E-state index contributed by atoms with van der Waals surface area (Å²) in [6.07, 6.45) is 2.35. The zero-order chi connectivity index (χ0) is 12.1. The summed E-state index contributed by atoms with van der Waals surface area (Å²) in [5, 5.41) is 9.87. The third-order valence-corrected chi connectivity index (χ3v) is 3.34. The quantitative estimate of drug-likeness (QED) is 0.781. The van der Waals surface area contributed by atoms with Gasteiger partial charge in [-0.25, -0.2) is 0 Å². The normalized spacial score (nSPS) is 29.6. The van der Waals surface area contributed by atoms with E-state index >= 15 is 0 Å². The van der Waals surface area contributed by atoms with Crippen molar-refractivity contribution >= 4 is 0 Å². The summed E-state index contributed by atoms with van der Waals surface area (Å²) in [4.78, 5) is 2.38. The van der Waals surface area contributed by atoms with E-state index in [2.05, 4.69) is 18.7 Å². The van der Waals surface area contributed by atoms with Crippen molar-refractivity contribution in [3.63, 3.8) is 0 Å². The molecule has 1 rings (SSSR count). The summed E-state index contributed by atoms with van der Waals surface area (Å²) in [7, 11) is 0. The van der Waals surface area contributed by atoms with Gasteiger partial charge in [-0.05, 0) is 46.1 Å². The van der Waals surface area contributed by atoms with Gasteiger partial charge in [-0.3, -0.25) is 4.90 Å². The highest BCUT2D eigenvalue weighted by Gasteiger charge is 2.24. The number of likely N-dealkylation sites (tertiary alicyclic amines) is 1. The van der Waals surface area contributed by atoms with Gasteiger partial charge in [0.2, 0.25) is 0 Å². The lowest BCUT2D eigenvalue weighted by Gasteiger charge is -2.37. The monoisotopic (exact) mass is 229 g/mol. The number of piperidine rings is 1. The SMILES string of the molecule is CC1CCN(CC(O)COC(C)C)C(C)C1. The second kappa shape index (κ2) is 6.58. The molecule has 0 aromatic heterocycles. The molecule has 0 radical (unpaired) electrons. The van der Waals surface area contributed by atoms with Crippen LogP contribution >= 0.6 is 0 Å². The van der Waals surface area contributed by atoms with Crippen molar-refractivity contribution in [1.29, 1.82) is 0 Å². The number of rotatable bonds is 5. The minimum atomic E-state index is -0.349. The number of aliphatic hydroxyl groups excluding tert-OH is 1. The molecular weight excluding hydrogens is 202 g/mol. The van der Waals surface area contributed by atoms with E-state index in [1.807, 2.05) is 13.8 Å².